The third-order valence-electron chi connectivity index (χ3n) is 10.5. The molecule has 1 unspecified atom stereocenters. The average Bonchev–Trinajstić information content (AvgIpc) is 3.41. The van der Waals surface area contributed by atoms with Gasteiger partial charge in [0.2, 0.25) is 0 Å². The first kappa shape index (κ1) is 29.0. The number of hydrogen-bond donors (Lipinski definition) is 0. The molecule has 0 N–H and O–H groups in total. The van der Waals surface area contributed by atoms with Gasteiger partial charge in [-0.3, -0.25) is 0 Å². The van der Waals surface area contributed by atoms with E-state index in [2.05, 4.69) is 178 Å². The Morgan fingerprint density at radius 2 is 1.18 bits per heavy atom. The number of ether oxygens (including phenoxy) is 1. The second kappa shape index (κ2) is 10.9. The zero-order chi connectivity index (χ0) is 33.2. The Morgan fingerprint density at radius 3 is 1.90 bits per heavy atom. The van der Waals surface area contributed by atoms with E-state index < -0.39 is 5.60 Å². The van der Waals surface area contributed by atoms with Gasteiger partial charge in [-0.25, -0.2) is 0 Å². The lowest BCUT2D eigenvalue weighted by atomic mass is 9.76. The van der Waals surface area contributed by atoms with Crippen LogP contribution in [-0.2, 0) is 11.0 Å². The molecule has 0 saturated heterocycles. The molecule has 0 spiro atoms. The summed E-state index contributed by atoms with van der Waals surface area (Å²) < 4.78 is 7.45. The molecule has 1 aliphatic carbocycles. The first-order chi connectivity index (χ1) is 24.0. The third-order valence-corrected chi connectivity index (χ3v) is 10.5. The Labute approximate surface area is 287 Å². The van der Waals surface area contributed by atoms with Crippen LogP contribution in [0.4, 0.5) is 0 Å². The molecule has 0 fully saturated rings. The van der Waals surface area contributed by atoms with E-state index in [9.17, 15) is 5.26 Å². The molecule has 0 bridgehead atoms. The van der Waals surface area contributed by atoms with E-state index in [1.54, 1.807) is 0 Å². The van der Waals surface area contributed by atoms with E-state index in [0.29, 0.717) is 5.56 Å². The maximum Gasteiger partial charge on any atom is 0.178 e. The van der Waals surface area contributed by atoms with Crippen molar-refractivity contribution < 1.29 is 4.74 Å². The average molecular weight is 628 g/mol. The molecule has 1 aliphatic heterocycles. The maximum absolute atomic E-state index is 9.75. The fourth-order valence-electron chi connectivity index (χ4n) is 8.09. The molecule has 0 radical (unpaired) electrons. The standard InChI is InChI=1S/C47H33NO/c1-46(2)42-28-31(30-48)20-25-40(42)43-38-18-9-10-19-39(38)45-41(44(43)46)26-27-47(49-45,36-16-7-4-8-17-36)37-23-21-33(22-24-37)35-15-11-14-34(29-35)32-12-5-3-6-13-32/h3-29H,1-2H3. The predicted octanol–water partition coefficient (Wildman–Crippen LogP) is 11.7. The molecule has 7 aromatic rings. The molecule has 0 amide bonds. The van der Waals surface area contributed by atoms with Crippen molar-refractivity contribution >= 4 is 16.8 Å². The van der Waals surface area contributed by atoms with Gasteiger partial charge in [0.15, 0.2) is 5.60 Å². The van der Waals surface area contributed by atoms with Crippen molar-refractivity contribution in [2.24, 2.45) is 0 Å². The van der Waals surface area contributed by atoms with Crippen molar-refractivity contribution in [1.82, 2.24) is 0 Å². The summed E-state index contributed by atoms with van der Waals surface area (Å²) in [6.45, 7) is 4.54. The van der Waals surface area contributed by atoms with Crippen LogP contribution in [0, 0.1) is 11.3 Å². The molecule has 2 heteroatoms. The Bertz CT molecular complexity index is 2480. The van der Waals surface area contributed by atoms with Gasteiger partial charge in [0.05, 0.1) is 11.6 Å². The van der Waals surface area contributed by atoms with E-state index in [1.165, 1.54) is 44.3 Å². The minimum absolute atomic E-state index is 0.317. The predicted molar refractivity (Wildman–Crippen MR) is 200 cm³/mol. The van der Waals surface area contributed by atoms with E-state index >= 15 is 0 Å². The molecule has 0 saturated carbocycles. The van der Waals surface area contributed by atoms with Gasteiger partial charge in [-0.1, -0.05) is 153 Å². The zero-order valence-corrected chi connectivity index (χ0v) is 27.4. The van der Waals surface area contributed by atoms with E-state index in [1.807, 2.05) is 6.07 Å². The number of nitriles is 1. The maximum atomic E-state index is 9.75. The summed E-state index contributed by atoms with van der Waals surface area (Å²) in [6.07, 6.45) is 4.53. The van der Waals surface area contributed by atoms with Crippen LogP contribution >= 0.6 is 0 Å². The molecule has 49 heavy (non-hydrogen) atoms. The molecule has 1 atom stereocenters. The van der Waals surface area contributed by atoms with E-state index in [0.717, 1.165) is 33.4 Å². The monoisotopic (exact) mass is 627 g/mol. The Balaban J connectivity index is 1.21. The summed E-state index contributed by atoms with van der Waals surface area (Å²) in [4.78, 5) is 0. The number of fused-ring (bicyclic) bond motifs is 8. The molecule has 2 aliphatic rings. The largest absolute Gasteiger partial charge is 0.472 e. The van der Waals surface area contributed by atoms with Gasteiger partial charge in [-0.2, -0.15) is 5.26 Å². The molecule has 232 valence electrons. The summed E-state index contributed by atoms with van der Waals surface area (Å²) in [5.74, 6) is 0.890. The lowest BCUT2D eigenvalue weighted by Gasteiger charge is -2.38. The molecular formula is C47H33NO. The highest BCUT2D eigenvalue weighted by Crippen LogP contribution is 2.58. The molecular weight excluding hydrogens is 595 g/mol. The van der Waals surface area contributed by atoms with Crippen LogP contribution in [-0.4, -0.2) is 0 Å². The fourth-order valence-corrected chi connectivity index (χ4v) is 8.09. The number of benzene rings is 7. The van der Waals surface area contributed by atoms with Gasteiger partial charge in [0, 0.05) is 27.5 Å². The second-order valence-electron chi connectivity index (χ2n) is 13.6. The minimum Gasteiger partial charge on any atom is -0.472 e. The Kier molecular flexibility index (Phi) is 6.48. The Hall–Kier alpha value is -6.17. The van der Waals surface area contributed by atoms with Crippen LogP contribution in [0.5, 0.6) is 5.75 Å². The minimum atomic E-state index is -0.834. The molecule has 2 nitrogen and oxygen atoms in total. The molecule has 9 rings (SSSR count). The van der Waals surface area contributed by atoms with Crippen molar-refractivity contribution in [3.63, 3.8) is 0 Å². The van der Waals surface area contributed by atoms with Gasteiger partial charge in [-0.15, -0.1) is 0 Å². The van der Waals surface area contributed by atoms with E-state index in [4.69, 9.17) is 4.74 Å². The zero-order valence-electron chi connectivity index (χ0n) is 27.4. The summed E-state index contributed by atoms with van der Waals surface area (Å²) in [5.41, 5.74) is 12.4. The van der Waals surface area contributed by atoms with Crippen LogP contribution < -0.4 is 4.74 Å². The lowest BCUT2D eigenvalue weighted by molar-refractivity contribution is 0.163. The number of nitrogens with zero attached hydrogens (tertiary/aromatic N) is 1. The third kappa shape index (κ3) is 4.40. The number of hydrogen-bond acceptors (Lipinski definition) is 2. The Morgan fingerprint density at radius 1 is 0.571 bits per heavy atom. The fraction of sp³-hybridized carbons (Fsp3) is 0.0851. The quantitative estimate of drug-likeness (QED) is 0.194. The van der Waals surface area contributed by atoms with Crippen LogP contribution in [0.1, 0.15) is 47.2 Å². The highest BCUT2D eigenvalue weighted by atomic mass is 16.5. The van der Waals surface area contributed by atoms with Gasteiger partial charge < -0.3 is 4.74 Å². The van der Waals surface area contributed by atoms with Crippen LogP contribution in [0.3, 0.4) is 0 Å². The highest BCUT2D eigenvalue weighted by molar-refractivity contribution is 6.08. The van der Waals surface area contributed by atoms with Gasteiger partial charge in [-0.05, 0) is 74.2 Å². The van der Waals surface area contributed by atoms with Crippen LogP contribution in [0.2, 0.25) is 0 Å². The van der Waals surface area contributed by atoms with Crippen molar-refractivity contribution in [1.29, 1.82) is 5.26 Å². The van der Waals surface area contributed by atoms with Crippen molar-refractivity contribution in [3.8, 4) is 45.2 Å². The highest BCUT2D eigenvalue weighted by Gasteiger charge is 2.44. The van der Waals surface area contributed by atoms with Crippen molar-refractivity contribution in [2.75, 3.05) is 0 Å². The molecule has 0 aromatic heterocycles. The first-order valence-corrected chi connectivity index (χ1v) is 16.8. The SMILES string of the molecule is CC1(C)c2cc(C#N)ccc2-c2c1c1c(c3ccccc23)OC(c2ccccc2)(c2ccc(-c3cccc(-c4ccccc4)c3)cc2)C=C1. The van der Waals surface area contributed by atoms with Crippen molar-refractivity contribution in [2.45, 2.75) is 24.9 Å². The normalized spacial score (nSPS) is 16.7. The van der Waals surface area contributed by atoms with Crippen LogP contribution in [0.25, 0.3) is 50.2 Å². The first-order valence-electron chi connectivity index (χ1n) is 16.8. The summed E-state index contributed by atoms with van der Waals surface area (Å²) >= 11 is 0. The van der Waals surface area contributed by atoms with Gasteiger partial charge in [0.1, 0.15) is 5.75 Å². The summed E-state index contributed by atoms with van der Waals surface area (Å²) in [6, 6.07) is 55.7. The smallest absolute Gasteiger partial charge is 0.178 e. The van der Waals surface area contributed by atoms with Gasteiger partial charge >= 0.3 is 0 Å². The lowest BCUT2D eigenvalue weighted by Crippen LogP contribution is -2.35. The molecule has 7 aromatic carbocycles. The van der Waals surface area contributed by atoms with Crippen LogP contribution in [0.15, 0.2) is 158 Å². The van der Waals surface area contributed by atoms with E-state index in [-0.39, 0.29) is 5.41 Å². The summed E-state index contributed by atoms with van der Waals surface area (Å²) in [5, 5.41) is 12.0. The topological polar surface area (TPSA) is 33.0 Å². The number of rotatable bonds is 4. The second-order valence-corrected chi connectivity index (χ2v) is 13.6. The molecule has 1 heterocycles. The van der Waals surface area contributed by atoms with Gasteiger partial charge in [0.25, 0.3) is 0 Å². The summed E-state index contributed by atoms with van der Waals surface area (Å²) in [7, 11) is 0. The van der Waals surface area contributed by atoms with Crippen molar-refractivity contribution in [3.05, 3.63) is 191 Å².